The van der Waals surface area contributed by atoms with Crippen molar-refractivity contribution in [1.29, 1.82) is 0 Å². The van der Waals surface area contributed by atoms with Gasteiger partial charge in [-0.25, -0.2) is 0 Å². The number of hydrogen-bond acceptors (Lipinski definition) is 2. The highest BCUT2D eigenvalue weighted by molar-refractivity contribution is 6.04. The highest BCUT2D eigenvalue weighted by Gasteiger charge is 2.33. The fourth-order valence-corrected chi connectivity index (χ4v) is 1.64. The van der Waals surface area contributed by atoms with Crippen molar-refractivity contribution in [2.24, 2.45) is 0 Å². The van der Waals surface area contributed by atoms with Gasteiger partial charge in [0.1, 0.15) is 6.42 Å². The Kier molecular flexibility index (Phi) is 4.98. The fourth-order valence-electron chi connectivity index (χ4n) is 1.64. The molecule has 0 aliphatic rings. The number of para-hydroxylation sites is 1. The van der Waals surface area contributed by atoms with Crippen molar-refractivity contribution in [3.8, 4) is 0 Å². The van der Waals surface area contributed by atoms with Gasteiger partial charge < -0.3 is 10.6 Å². The molecule has 0 saturated heterocycles. The van der Waals surface area contributed by atoms with Gasteiger partial charge in [0.2, 0.25) is 11.8 Å². The zero-order valence-electron chi connectivity index (χ0n) is 12.0. The average Bonchev–Trinajstić information content (AvgIpc) is 2.24. The first-order valence-electron chi connectivity index (χ1n) is 6.26. The molecule has 116 valence electrons. The molecular weight excluding hydrogens is 285 g/mol. The molecule has 2 amide bonds. The molecule has 0 aromatic heterocycles. The van der Waals surface area contributed by atoms with Crippen molar-refractivity contribution in [1.82, 2.24) is 5.32 Å². The van der Waals surface area contributed by atoms with Crippen LogP contribution in [-0.2, 0) is 15.8 Å². The first-order chi connectivity index (χ1) is 9.49. The van der Waals surface area contributed by atoms with Crippen LogP contribution in [0.3, 0.4) is 0 Å². The first kappa shape index (κ1) is 17.0. The molecule has 0 spiro atoms. The Morgan fingerprint density at radius 3 is 2.14 bits per heavy atom. The SMILES string of the molecule is CC(C)(C)NC(=O)CC(=O)Nc1ccccc1C(F)(F)F. The van der Waals surface area contributed by atoms with Gasteiger partial charge in [-0.1, -0.05) is 12.1 Å². The maximum atomic E-state index is 12.8. The second kappa shape index (κ2) is 6.15. The number of benzene rings is 1. The van der Waals surface area contributed by atoms with Crippen LogP contribution in [-0.4, -0.2) is 17.4 Å². The van der Waals surface area contributed by atoms with Crippen LogP contribution in [0.4, 0.5) is 18.9 Å². The third kappa shape index (κ3) is 5.85. The van der Waals surface area contributed by atoms with Crippen molar-refractivity contribution in [2.45, 2.75) is 38.9 Å². The normalized spacial score (nSPS) is 11.9. The molecule has 0 fully saturated rings. The van der Waals surface area contributed by atoms with E-state index in [1.54, 1.807) is 20.8 Å². The lowest BCUT2D eigenvalue weighted by atomic mass is 10.1. The Hall–Kier alpha value is -2.05. The van der Waals surface area contributed by atoms with Gasteiger partial charge in [0.15, 0.2) is 0 Å². The summed E-state index contributed by atoms with van der Waals surface area (Å²) < 4.78 is 38.3. The molecule has 0 heterocycles. The largest absolute Gasteiger partial charge is 0.418 e. The predicted octanol–water partition coefficient (Wildman–Crippen LogP) is 2.95. The predicted molar refractivity (Wildman–Crippen MR) is 72.6 cm³/mol. The van der Waals surface area contributed by atoms with E-state index < -0.39 is 35.5 Å². The molecule has 0 atom stereocenters. The summed E-state index contributed by atoms with van der Waals surface area (Å²) in [4.78, 5) is 23.2. The second-order valence-corrected chi connectivity index (χ2v) is 5.57. The summed E-state index contributed by atoms with van der Waals surface area (Å²) in [5.74, 6) is -1.35. The van der Waals surface area contributed by atoms with Crippen LogP contribution >= 0.6 is 0 Å². The van der Waals surface area contributed by atoms with Crippen LogP contribution in [0.15, 0.2) is 24.3 Å². The second-order valence-electron chi connectivity index (χ2n) is 5.57. The van der Waals surface area contributed by atoms with E-state index >= 15 is 0 Å². The van der Waals surface area contributed by atoms with E-state index in [1.165, 1.54) is 12.1 Å². The third-order valence-corrected chi connectivity index (χ3v) is 2.34. The maximum absolute atomic E-state index is 12.8. The topological polar surface area (TPSA) is 58.2 Å². The molecular formula is C14H17F3N2O2. The number of nitrogens with one attached hydrogen (secondary N) is 2. The molecule has 0 aliphatic heterocycles. The van der Waals surface area contributed by atoms with Crippen molar-refractivity contribution in [2.75, 3.05) is 5.32 Å². The Bertz CT molecular complexity index is 534. The van der Waals surface area contributed by atoms with Crippen LogP contribution < -0.4 is 10.6 Å². The minimum atomic E-state index is -4.57. The Morgan fingerprint density at radius 2 is 1.62 bits per heavy atom. The van der Waals surface area contributed by atoms with Gasteiger partial charge in [-0.2, -0.15) is 13.2 Å². The summed E-state index contributed by atoms with van der Waals surface area (Å²) in [6.07, 6.45) is -5.11. The van der Waals surface area contributed by atoms with Crippen LogP contribution in [0.25, 0.3) is 0 Å². The Morgan fingerprint density at radius 1 is 1.05 bits per heavy atom. The van der Waals surface area contributed by atoms with E-state index in [1.807, 2.05) is 0 Å². The van der Waals surface area contributed by atoms with Gasteiger partial charge in [0.05, 0.1) is 11.3 Å². The maximum Gasteiger partial charge on any atom is 0.418 e. The van der Waals surface area contributed by atoms with E-state index in [0.29, 0.717) is 0 Å². The zero-order valence-corrected chi connectivity index (χ0v) is 12.0. The minimum absolute atomic E-state index is 0.362. The summed E-state index contributed by atoms with van der Waals surface area (Å²) in [5, 5.41) is 4.67. The molecule has 0 aliphatic carbocycles. The zero-order chi connectivity index (χ0) is 16.3. The minimum Gasteiger partial charge on any atom is -0.351 e. The molecule has 0 unspecified atom stereocenters. The Balaban J connectivity index is 2.75. The molecule has 1 aromatic rings. The number of carbonyl (C=O) groups is 2. The van der Waals surface area contributed by atoms with Crippen LogP contribution in [0.2, 0.25) is 0 Å². The summed E-state index contributed by atoms with van der Waals surface area (Å²) in [6, 6.07) is 4.61. The number of carbonyl (C=O) groups excluding carboxylic acids is 2. The molecule has 0 bridgehead atoms. The van der Waals surface area contributed by atoms with Gasteiger partial charge in [-0.15, -0.1) is 0 Å². The summed E-state index contributed by atoms with van der Waals surface area (Å²) in [6.45, 7) is 5.21. The quantitative estimate of drug-likeness (QED) is 0.843. The smallest absolute Gasteiger partial charge is 0.351 e. The lowest BCUT2D eigenvalue weighted by molar-refractivity contribution is -0.137. The van der Waals surface area contributed by atoms with E-state index in [0.717, 1.165) is 12.1 Å². The highest BCUT2D eigenvalue weighted by Crippen LogP contribution is 2.34. The van der Waals surface area contributed by atoms with E-state index in [-0.39, 0.29) is 5.69 Å². The lowest BCUT2D eigenvalue weighted by Gasteiger charge is -2.20. The highest BCUT2D eigenvalue weighted by atomic mass is 19.4. The summed E-state index contributed by atoms with van der Waals surface area (Å²) in [7, 11) is 0. The first-order valence-corrected chi connectivity index (χ1v) is 6.26. The molecule has 21 heavy (non-hydrogen) atoms. The van der Waals surface area contributed by atoms with Crippen LogP contribution in [0, 0.1) is 0 Å². The number of amides is 2. The molecule has 0 radical (unpaired) electrons. The fraction of sp³-hybridized carbons (Fsp3) is 0.429. The van der Waals surface area contributed by atoms with Gasteiger partial charge in [0, 0.05) is 5.54 Å². The van der Waals surface area contributed by atoms with E-state index in [2.05, 4.69) is 10.6 Å². The number of halogens is 3. The average molecular weight is 302 g/mol. The molecule has 0 saturated carbocycles. The molecule has 1 rings (SSSR count). The van der Waals surface area contributed by atoms with Gasteiger partial charge in [0.25, 0.3) is 0 Å². The van der Waals surface area contributed by atoms with Crippen molar-refractivity contribution < 1.29 is 22.8 Å². The van der Waals surface area contributed by atoms with E-state index in [9.17, 15) is 22.8 Å². The number of rotatable bonds is 3. The van der Waals surface area contributed by atoms with Gasteiger partial charge >= 0.3 is 6.18 Å². The summed E-state index contributed by atoms with van der Waals surface area (Å²) >= 11 is 0. The number of anilines is 1. The van der Waals surface area contributed by atoms with Gasteiger partial charge in [-0.05, 0) is 32.9 Å². The molecule has 7 heteroatoms. The third-order valence-electron chi connectivity index (χ3n) is 2.34. The van der Waals surface area contributed by atoms with Crippen molar-refractivity contribution >= 4 is 17.5 Å². The van der Waals surface area contributed by atoms with E-state index in [4.69, 9.17) is 0 Å². The monoisotopic (exact) mass is 302 g/mol. The molecule has 4 nitrogen and oxygen atoms in total. The van der Waals surface area contributed by atoms with Crippen LogP contribution in [0.5, 0.6) is 0 Å². The van der Waals surface area contributed by atoms with Crippen molar-refractivity contribution in [3.63, 3.8) is 0 Å². The standard InChI is InChI=1S/C14H17F3N2O2/c1-13(2,3)19-12(21)8-11(20)18-10-7-5-4-6-9(10)14(15,16)17/h4-7H,8H2,1-3H3,(H,18,20)(H,19,21). The number of alkyl halides is 3. The van der Waals surface area contributed by atoms with Crippen LogP contribution in [0.1, 0.15) is 32.8 Å². The van der Waals surface area contributed by atoms with Crippen molar-refractivity contribution in [3.05, 3.63) is 29.8 Å². The Labute approximate surface area is 120 Å². The molecule has 2 N–H and O–H groups in total. The number of hydrogen-bond donors (Lipinski definition) is 2. The molecule has 1 aromatic carbocycles. The lowest BCUT2D eigenvalue weighted by Crippen LogP contribution is -2.42. The summed E-state index contributed by atoms with van der Waals surface area (Å²) in [5.41, 5.74) is -1.82. The van der Waals surface area contributed by atoms with Gasteiger partial charge in [-0.3, -0.25) is 9.59 Å².